The van der Waals surface area contributed by atoms with Crippen LogP contribution in [0.2, 0.25) is 5.02 Å². The van der Waals surface area contributed by atoms with Crippen LogP contribution in [0.1, 0.15) is 18.4 Å². The summed E-state index contributed by atoms with van der Waals surface area (Å²) in [6.07, 6.45) is 1.65. The van der Waals surface area contributed by atoms with Crippen LogP contribution in [-0.4, -0.2) is 20.9 Å². The van der Waals surface area contributed by atoms with Gasteiger partial charge < -0.3 is 4.98 Å². The van der Waals surface area contributed by atoms with Crippen LogP contribution >= 0.6 is 22.9 Å². The summed E-state index contributed by atoms with van der Waals surface area (Å²) in [7, 11) is 0. The molecule has 0 unspecified atom stereocenters. The zero-order valence-electron chi connectivity index (χ0n) is 15.3. The molecule has 2 aromatic carbocycles. The highest BCUT2D eigenvalue weighted by atomic mass is 35.5. The zero-order chi connectivity index (χ0) is 20.4. The van der Waals surface area contributed by atoms with E-state index in [1.54, 1.807) is 35.7 Å². The van der Waals surface area contributed by atoms with Crippen LogP contribution in [0.15, 0.2) is 53.9 Å². The zero-order valence-corrected chi connectivity index (χ0v) is 16.8. The van der Waals surface area contributed by atoms with Gasteiger partial charge in [-0.1, -0.05) is 29.8 Å². The Morgan fingerprint density at radius 2 is 2.07 bits per heavy atom. The molecular weight excluding hydrogens is 406 g/mol. The molecule has 0 saturated heterocycles. The molecule has 8 heteroatoms. The van der Waals surface area contributed by atoms with Gasteiger partial charge in [0.05, 0.1) is 28.0 Å². The first-order valence-corrected chi connectivity index (χ1v) is 9.89. The second-order valence-corrected chi connectivity index (χ2v) is 7.43. The number of H-pyrrole nitrogens is 1. The highest BCUT2D eigenvalue weighted by Crippen LogP contribution is 2.31. The molecule has 0 bridgehead atoms. The number of aromatic nitrogens is 3. The number of thiazole rings is 1. The van der Waals surface area contributed by atoms with E-state index in [-0.39, 0.29) is 5.91 Å². The second kappa shape index (κ2) is 7.87. The lowest BCUT2D eigenvalue weighted by Crippen LogP contribution is -2.22. The molecule has 0 aliphatic carbocycles. The van der Waals surface area contributed by atoms with Crippen molar-refractivity contribution >= 4 is 62.3 Å². The van der Waals surface area contributed by atoms with E-state index in [1.165, 1.54) is 23.2 Å². The summed E-state index contributed by atoms with van der Waals surface area (Å²) in [6.45, 7) is 1.47. The van der Waals surface area contributed by atoms with Gasteiger partial charge in [-0.15, -0.1) is 11.3 Å². The largest absolute Gasteiger partial charge is 0.337 e. The minimum atomic E-state index is -0.185. The second-order valence-electron chi connectivity index (χ2n) is 6.16. The quantitative estimate of drug-likeness (QED) is 0.447. The van der Waals surface area contributed by atoms with Crippen LogP contribution in [0, 0.1) is 11.3 Å². The monoisotopic (exact) mass is 419 g/mol. The predicted molar refractivity (Wildman–Crippen MR) is 116 cm³/mol. The summed E-state index contributed by atoms with van der Waals surface area (Å²) in [5.74, 6) is 0.288. The van der Waals surface area contributed by atoms with Crippen molar-refractivity contribution in [2.45, 2.75) is 6.92 Å². The van der Waals surface area contributed by atoms with Crippen molar-refractivity contribution < 1.29 is 4.79 Å². The van der Waals surface area contributed by atoms with Crippen molar-refractivity contribution in [1.82, 2.24) is 15.0 Å². The number of amides is 1. The van der Waals surface area contributed by atoms with Gasteiger partial charge in [-0.25, -0.2) is 9.97 Å². The van der Waals surface area contributed by atoms with E-state index in [2.05, 4.69) is 21.0 Å². The van der Waals surface area contributed by atoms with E-state index in [9.17, 15) is 10.1 Å². The fourth-order valence-corrected chi connectivity index (χ4v) is 3.90. The Kier molecular flexibility index (Phi) is 5.12. The molecule has 0 spiro atoms. The van der Waals surface area contributed by atoms with Crippen molar-refractivity contribution in [3.05, 3.63) is 70.5 Å². The number of hydrogen-bond acceptors (Lipinski definition) is 5. The van der Waals surface area contributed by atoms with E-state index in [0.29, 0.717) is 32.9 Å². The third-order valence-corrected chi connectivity index (χ3v) is 5.22. The lowest BCUT2D eigenvalue weighted by atomic mass is 10.2. The SMILES string of the molecule is CC(=O)N(c1cccc(Cl)c1)c1nc(/C=C(\C#N)c2nc3ccccc3[nH]2)cs1. The Balaban J connectivity index is 1.70. The first-order chi connectivity index (χ1) is 14.0. The fraction of sp³-hybridized carbons (Fsp3) is 0.0476. The number of fused-ring (bicyclic) bond motifs is 1. The summed E-state index contributed by atoms with van der Waals surface area (Å²) < 4.78 is 0. The fourth-order valence-electron chi connectivity index (χ4n) is 2.87. The molecule has 29 heavy (non-hydrogen) atoms. The first-order valence-electron chi connectivity index (χ1n) is 8.64. The minimum Gasteiger partial charge on any atom is -0.337 e. The summed E-state index contributed by atoms with van der Waals surface area (Å²) in [5.41, 5.74) is 3.19. The number of halogens is 1. The van der Waals surface area contributed by atoms with E-state index < -0.39 is 0 Å². The van der Waals surface area contributed by atoms with Gasteiger partial charge in [-0.3, -0.25) is 9.69 Å². The molecule has 0 atom stereocenters. The molecule has 0 radical (unpaired) electrons. The first kappa shape index (κ1) is 18.9. The molecule has 0 fully saturated rings. The number of anilines is 2. The molecule has 2 aromatic heterocycles. The highest BCUT2D eigenvalue weighted by molar-refractivity contribution is 7.14. The van der Waals surface area contributed by atoms with Crippen LogP contribution in [0.5, 0.6) is 0 Å². The van der Waals surface area contributed by atoms with Crippen molar-refractivity contribution in [2.24, 2.45) is 0 Å². The summed E-state index contributed by atoms with van der Waals surface area (Å²) in [6, 6.07) is 16.7. The number of nitrogens with one attached hydrogen (secondary N) is 1. The van der Waals surface area contributed by atoms with Crippen LogP contribution in [-0.2, 0) is 4.79 Å². The van der Waals surface area contributed by atoms with Gasteiger partial charge in [0, 0.05) is 17.3 Å². The molecule has 0 aliphatic rings. The van der Waals surface area contributed by atoms with Gasteiger partial charge in [0.2, 0.25) is 5.91 Å². The molecule has 1 amide bonds. The number of allylic oxidation sites excluding steroid dienone is 1. The van der Waals surface area contributed by atoms with Crippen molar-refractivity contribution in [1.29, 1.82) is 5.26 Å². The van der Waals surface area contributed by atoms with E-state index in [1.807, 2.05) is 24.3 Å². The number of benzene rings is 2. The summed E-state index contributed by atoms with van der Waals surface area (Å²) in [4.78, 5) is 25.8. The number of aromatic amines is 1. The summed E-state index contributed by atoms with van der Waals surface area (Å²) >= 11 is 7.37. The number of carbonyl (C=O) groups excluding carboxylic acids is 1. The lowest BCUT2D eigenvalue weighted by Gasteiger charge is -2.18. The van der Waals surface area contributed by atoms with E-state index in [4.69, 9.17) is 11.6 Å². The Hall–Kier alpha value is -3.47. The van der Waals surface area contributed by atoms with Gasteiger partial charge >= 0.3 is 0 Å². The number of rotatable bonds is 4. The summed E-state index contributed by atoms with van der Waals surface area (Å²) in [5, 5.41) is 12.4. The van der Waals surface area contributed by atoms with Crippen LogP contribution in [0.25, 0.3) is 22.7 Å². The van der Waals surface area contributed by atoms with Crippen molar-refractivity contribution in [2.75, 3.05) is 4.90 Å². The molecule has 0 aliphatic heterocycles. The molecule has 2 heterocycles. The lowest BCUT2D eigenvalue weighted by molar-refractivity contribution is -0.115. The Bertz CT molecular complexity index is 1250. The third kappa shape index (κ3) is 3.90. The normalized spacial score (nSPS) is 11.4. The number of nitrogens with zero attached hydrogens (tertiary/aromatic N) is 4. The maximum Gasteiger partial charge on any atom is 0.230 e. The smallest absolute Gasteiger partial charge is 0.230 e. The highest BCUT2D eigenvalue weighted by Gasteiger charge is 2.18. The van der Waals surface area contributed by atoms with Gasteiger partial charge in [-0.05, 0) is 36.4 Å². The maximum atomic E-state index is 12.2. The number of imidazole rings is 1. The van der Waals surface area contributed by atoms with Gasteiger partial charge in [0.1, 0.15) is 11.9 Å². The van der Waals surface area contributed by atoms with Crippen LogP contribution in [0.3, 0.4) is 0 Å². The molecular formula is C21H14ClN5OS. The number of nitriles is 1. The van der Waals surface area contributed by atoms with E-state index >= 15 is 0 Å². The van der Waals surface area contributed by atoms with Gasteiger partial charge in [0.15, 0.2) is 5.13 Å². The molecule has 4 rings (SSSR count). The molecule has 4 aromatic rings. The Labute approximate surface area is 175 Å². The minimum absolute atomic E-state index is 0.185. The average molecular weight is 420 g/mol. The Morgan fingerprint density at radius 3 is 2.79 bits per heavy atom. The Morgan fingerprint density at radius 1 is 1.24 bits per heavy atom. The average Bonchev–Trinajstić information content (AvgIpc) is 3.32. The maximum absolute atomic E-state index is 12.2. The molecule has 1 N–H and O–H groups in total. The third-order valence-electron chi connectivity index (χ3n) is 4.14. The van der Waals surface area contributed by atoms with Gasteiger partial charge in [0.25, 0.3) is 0 Å². The number of carbonyl (C=O) groups is 1. The molecule has 142 valence electrons. The van der Waals surface area contributed by atoms with Crippen LogP contribution in [0.4, 0.5) is 10.8 Å². The van der Waals surface area contributed by atoms with Gasteiger partial charge in [-0.2, -0.15) is 5.26 Å². The molecule has 6 nitrogen and oxygen atoms in total. The predicted octanol–water partition coefficient (Wildman–Crippen LogP) is 5.42. The molecule has 0 saturated carbocycles. The standard InChI is InChI=1S/C21H14ClN5OS/c1-13(28)27(17-6-4-5-15(22)10-17)21-24-16(12-29-21)9-14(11-23)20-25-18-7-2-3-8-19(18)26-20/h2-10,12H,1H3,(H,25,26)/b14-9+. The van der Waals surface area contributed by atoms with Crippen LogP contribution < -0.4 is 4.90 Å². The van der Waals surface area contributed by atoms with Crippen molar-refractivity contribution in [3.8, 4) is 6.07 Å². The topological polar surface area (TPSA) is 85.7 Å². The van der Waals surface area contributed by atoms with Crippen molar-refractivity contribution in [3.63, 3.8) is 0 Å². The number of hydrogen-bond donors (Lipinski definition) is 1. The number of para-hydroxylation sites is 2. The van der Waals surface area contributed by atoms with E-state index in [0.717, 1.165) is 11.0 Å².